The molecule has 3 amide bonds. The molecule has 8 heteroatoms. The Labute approximate surface area is 212 Å². The molecule has 0 saturated carbocycles. The van der Waals surface area contributed by atoms with Crippen molar-refractivity contribution < 1.29 is 14.4 Å². The maximum atomic E-state index is 13.5. The third kappa shape index (κ3) is 6.48. The topological polar surface area (TPSA) is 91.4 Å². The van der Waals surface area contributed by atoms with Gasteiger partial charge >= 0.3 is 0 Å². The molecule has 2 N–H and O–H groups in total. The van der Waals surface area contributed by atoms with E-state index < -0.39 is 17.5 Å². The SMILES string of the molecule is CCCC(=O)NC(C(=O)N1CCCC1C(=O)NC(C)c1ccc(-c2scnc2C)cc1)C(C)(C)C. The summed E-state index contributed by atoms with van der Waals surface area (Å²) in [5.74, 6) is -0.471. The largest absolute Gasteiger partial charge is 0.348 e. The molecule has 2 heterocycles. The monoisotopic (exact) mass is 498 g/mol. The third-order valence-corrected chi connectivity index (χ3v) is 7.49. The second-order valence-corrected chi connectivity index (χ2v) is 11.3. The van der Waals surface area contributed by atoms with Crippen molar-refractivity contribution in [3.8, 4) is 10.4 Å². The Morgan fingerprint density at radius 3 is 2.43 bits per heavy atom. The molecule has 1 aliphatic heterocycles. The van der Waals surface area contributed by atoms with E-state index in [0.717, 1.165) is 28.1 Å². The van der Waals surface area contributed by atoms with Crippen molar-refractivity contribution in [2.45, 2.75) is 85.4 Å². The van der Waals surface area contributed by atoms with E-state index in [1.54, 1.807) is 16.2 Å². The van der Waals surface area contributed by atoms with Crippen LogP contribution in [0.2, 0.25) is 0 Å². The van der Waals surface area contributed by atoms with E-state index in [1.807, 2.05) is 59.2 Å². The normalized spacial score (nSPS) is 17.7. The minimum absolute atomic E-state index is 0.133. The number of thiazole rings is 1. The number of hydrogen-bond donors (Lipinski definition) is 2. The summed E-state index contributed by atoms with van der Waals surface area (Å²) in [7, 11) is 0. The standard InChI is InChI=1S/C27H38N4O3S/c1-7-9-22(32)30-24(27(4,5)6)26(34)31-15-8-10-21(31)25(33)29-17(2)19-11-13-20(14-12-19)23-18(3)28-16-35-23/h11-14,16-17,21,24H,7-10,15H2,1-6H3,(H,29,33)(H,30,32). The van der Waals surface area contributed by atoms with Gasteiger partial charge in [0.25, 0.3) is 0 Å². The molecule has 0 bridgehead atoms. The van der Waals surface area contributed by atoms with Gasteiger partial charge in [-0.05, 0) is 49.7 Å². The number of nitrogens with zero attached hydrogens (tertiary/aromatic N) is 2. The minimum Gasteiger partial charge on any atom is -0.348 e. The maximum absolute atomic E-state index is 13.5. The van der Waals surface area contributed by atoms with Gasteiger partial charge in [-0.25, -0.2) is 4.98 Å². The molecule has 1 saturated heterocycles. The van der Waals surface area contributed by atoms with E-state index in [1.165, 1.54) is 0 Å². The average molecular weight is 499 g/mol. The molecule has 3 rings (SSSR count). The Kier molecular flexibility index (Phi) is 8.70. The second-order valence-electron chi connectivity index (χ2n) is 10.4. The third-order valence-electron chi connectivity index (χ3n) is 6.51. The summed E-state index contributed by atoms with van der Waals surface area (Å²) in [6.45, 7) is 12.2. The summed E-state index contributed by atoms with van der Waals surface area (Å²) in [4.78, 5) is 46.2. The molecule has 7 nitrogen and oxygen atoms in total. The van der Waals surface area contributed by atoms with Crippen LogP contribution < -0.4 is 10.6 Å². The van der Waals surface area contributed by atoms with Crippen molar-refractivity contribution in [2.75, 3.05) is 6.54 Å². The fourth-order valence-corrected chi connectivity index (χ4v) is 5.28. The molecular formula is C27H38N4O3S. The molecule has 190 valence electrons. The van der Waals surface area contributed by atoms with Crippen LogP contribution in [0.3, 0.4) is 0 Å². The Morgan fingerprint density at radius 1 is 1.17 bits per heavy atom. The van der Waals surface area contributed by atoms with Crippen molar-refractivity contribution in [3.05, 3.63) is 41.0 Å². The number of hydrogen-bond acceptors (Lipinski definition) is 5. The lowest BCUT2D eigenvalue weighted by molar-refractivity contribution is -0.144. The van der Waals surface area contributed by atoms with E-state index in [4.69, 9.17) is 0 Å². The molecule has 1 fully saturated rings. The van der Waals surface area contributed by atoms with Gasteiger partial charge in [-0.1, -0.05) is 52.0 Å². The van der Waals surface area contributed by atoms with Gasteiger partial charge in [-0.3, -0.25) is 14.4 Å². The van der Waals surface area contributed by atoms with E-state index >= 15 is 0 Å². The summed E-state index contributed by atoms with van der Waals surface area (Å²) >= 11 is 1.61. The molecule has 1 aliphatic rings. The molecule has 1 aromatic heterocycles. The highest BCUT2D eigenvalue weighted by molar-refractivity contribution is 7.13. The fourth-order valence-electron chi connectivity index (χ4n) is 4.47. The first-order chi connectivity index (χ1) is 16.5. The molecule has 0 radical (unpaired) electrons. The molecule has 0 spiro atoms. The van der Waals surface area contributed by atoms with Crippen LogP contribution in [0.1, 0.15) is 77.6 Å². The number of likely N-dealkylation sites (tertiary alicyclic amines) is 1. The number of aryl methyl sites for hydroxylation is 1. The number of aromatic nitrogens is 1. The smallest absolute Gasteiger partial charge is 0.246 e. The van der Waals surface area contributed by atoms with E-state index in [-0.39, 0.29) is 23.8 Å². The van der Waals surface area contributed by atoms with Gasteiger partial charge in [0.05, 0.1) is 22.1 Å². The van der Waals surface area contributed by atoms with E-state index in [2.05, 4.69) is 27.8 Å². The van der Waals surface area contributed by atoms with Gasteiger partial charge in [0.1, 0.15) is 12.1 Å². The van der Waals surface area contributed by atoms with Crippen LogP contribution in [0, 0.1) is 12.3 Å². The van der Waals surface area contributed by atoms with Crippen molar-refractivity contribution in [2.24, 2.45) is 5.41 Å². The molecule has 1 aromatic carbocycles. The van der Waals surface area contributed by atoms with Gasteiger partial charge in [-0.2, -0.15) is 0 Å². The zero-order valence-corrected chi connectivity index (χ0v) is 22.5. The van der Waals surface area contributed by atoms with Crippen molar-refractivity contribution in [3.63, 3.8) is 0 Å². The lowest BCUT2D eigenvalue weighted by atomic mass is 9.85. The Hall–Kier alpha value is -2.74. The first-order valence-electron chi connectivity index (χ1n) is 12.4. The number of rotatable bonds is 8. The van der Waals surface area contributed by atoms with Crippen molar-refractivity contribution in [1.29, 1.82) is 0 Å². The zero-order valence-electron chi connectivity index (χ0n) is 21.7. The minimum atomic E-state index is -0.671. The first-order valence-corrected chi connectivity index (χ1v) is 13.3. The van der Waals surface area contributed by atoms with E-state index in [9.17, 15) is 14.4 Å². The van der Waals surface area contributed by atoms with Crippen LogP contribution >= 0.6 is 11.3 Å². The highest BCUT2D eigenvalue weighted by Gasteiger charge is 2.41. The van der Waals surface area contributed by atoms with Gasteiger partial charge in [-0.15, -0.1) is 11.3 Å². The molecule has 35 heavy (non-hydrogen) atoms. The average Bonchev–Trinajstić information content (AvgIpc) is 3.46. The Morgan fingerprint density at radius 2 is 1.86 bits per heavy atom. The van der Waals surface area contributed by atoms with Crippen LogP contribution in [-0.2, 0) is 14.4 Å². The van der Waals surface area contributed by atoms with Crippen LogP contribution in [0.5, 0.6) is 0 Å². The maximum Gasteiger partial charge on any atom is 0.246 e. The molecule has 0 aliphatic carbocycles. The van der Waals surface area contributed by atoms with Gasteiger partial charge < -0.3 is 15.5 Å². The lowest BCUT2D eigenvalue weighted by Gasteiger charge is -2.35. The van der Waals surface area contributed by atoms with E-state index in [0.29, 0.717) is 25.8 Å². The quantitative estimate of drug-likeness (QED) is 0.556. The first kappa shape index (κ1) is 26.9. The second kappa shape index (κ2) is 11.3. The van der Waals surface area contributed by atoms with Crippen LogP contribution in [0.4, 0.5) is 0 Å². The lowest BCUT2D eigenvalue weighted by Crippen LogP contribution is -2.57. The number of carbonyl (C=O) groups excluding carboxylic acids is 3. The summed E-state index contributed by atoms with van der Waals surface area (Å²) in [6.07, 6.45) is 2.48. The van der Waals surface area contributed by atoms with Crippen molar-refractivity contribution >= 4 is 29.1 Å². The van der Waals surface area contributed by atoms with Crippen molar-refractivity contribution in [1.82, 2.24) is 20.5 Å². The summed E-state index contributed by atoms with van der Waals surface area (Å²) in [5.41, 5.74) is 4.50. The number of carbonyl (C=O) groups is 3. The van der Waals surface area contributed by atoms with Gasteiger partial charge in [0, 0.05) is 13.0 Å². The number of amides is 3. The highest BCUT2D eigenvalue weighted by Crippen LogP contribution is 2.29. The predicted octanol–water partition coefficient (Wildman–Crippen LogP) is 4.62. The van der Waals surface area contributed by atoms with Crippen LogP contribution in [0.25, 0.3) is 10.4 Å². The van der Waals surface area contributed by atoms with Crippen LogP contribution in [-0.4, -0.2) is 46.2 Å². The molecule has 2 aromatic rings. The van der Waals surface area contributed by atoms with Gasteiger partial charge in [0.15, 0.2) is 0 Å². The number of nitrogens with one attached hydrogen (secondary N) is 2. The summed E-state index contributed by atoms with van der Waals surface area (Å²) in [6, 6.07) is 6.76. The van der Waals surface area contributed by atoms with Crippen LogP contribution in [0.15, 0.2) is 29.8 Å². The fraction of sp³-hybridized carbons (Fsp3) is 0.556. The predicted molar refractivity (Wildman–Crippen MR) is 140 cm³/mol. The zero-order chi connectivity index (χ0) is 25.8. The molecule has 3 atom stereocenters. The van der Waals surface area contributed by atoms with Gasteiger partial charge in [0.2, 0.25) is 17.7 Å². The molecular weight excluding hydrogens is 460 g/mol. The Bertz CT molecular complexity index is 1040. The number of benzene rings is 1. The summed E-state index contributed by atoms with van der Waals surface area (Å²) in [5, 5.41) is 6.01. The summed E-state index contributed by atoms with van der Waals surface area (Å²) < 4.78 is 0. The Balaban J connectivity index is 1.68. The highest BCUT2D eigenvalue weighted by atomic mass is 32.1. The molecule has 3 unspecified atom stereocenters.